The fourth-order valence-corrected chi connectivity index (χ4v) is 4.52. The van der Waals surface area contributed by atoms with E-state index in [0.29, 0.717) is 6.54 Å². The second kappa shape index (κ2) is 5.72. The van der Waals surface area contributed by atoms with E-state index in [9.17, 15) is 8.42 Å². The molecule has 1 aromatic carbocycles. The summed E-state index contributed by atoms with van der Waals surface area (Å²) in [5.74, 6) is 0. The fourth-order valence-electron chi connectivity index (χ4n) is 2.61. The Morgan fingerprint density at radius 1 is 1.37 bits per heavy atom. The van der Waals surface area contributed by atoms with Crippen molar-refractivity contribution >= 4 is 10.0 Å². The van der Waals surface area contributed by atoms with Crippen LogP contribution in [0.3, 0.4) is 0 Å². The summed E-state index contributed by atoms with van der Waals surface area (Å²) in [7, 11) is -3.56. The normalized spacial score (nSPS) is 20.9. The van der Waals surface area contributed by atoms with Crippen LogP contribution >= 0.6 is 0 Å². The minimum absolute atomic E-state index is 0.0606. The SMILES string of the molecule is CCC1CCCCN1S(=O)(=O)c1ccccc1C#N. The maximum atomic E-state index is 12.7. The molecule has 0 spiro atoms. The summed E-state index contributed by atoms with van der Waals surface area (Å²) in [6, 6.07) is 8.46. The molecule has 0 amide bonds. The molecule has 1 fully saturated rings. The maximum Gasteiger partial charge on any atom is 0.244 e. The minimum Gasteiger partial charge on any atom is -0.207 e. The van der Waals surface area contributed by atoms with Gasteiger partial charge in [0.05, 0.1) is 10.5 Å². The van der Waals surface area contributed by atoms with Crippen LogP contribution in [-0.2, 0) is 10.0 Å². The van der Waals surface area contributed by atoms with E-state index in [2.05, 4.69) is 0 Å². The van der Waals surface area contributed by atoms with Crippen LogP contribution < -0.4 is 0 Å². The molecule has 0 aromatic heterocycles. The van der Waals surface area contributed by atoms with Gasteiger partial charge in [-0.15, -0.1) is 0 Å². The fraction of sp³-hybridized carbons (Fsp3) is 0.500. The van der Waals surface area contributed by atoms with Crippen molar-refractivity contribution < 1.29 is 8.42 Å². The van der Waals surface area contributed by atoms with E-state index in [1.807, 2.05) is 13.0 Å². The first-order valence-electron chi connectivity index (χ1n) is 6.62. The zero-order valence-corrected chi connectivity index (χ0v) is 11.9. The van der Waals surface area contributed by atoms with E-state index in [1.54, 1.807) is 22.5 Å². The molecule has 19 heavy (non-hydrogen) atoms. The highest BCUT2D eigenvalue weighted by molar-refractivity contribution is 7.89. The van der Waals surface area contributed by atoms with Crippen LogP contribution in [0.2, 0.25) is 0 Å². The molecular weight excluding hydrogens is 260 g/mol. The van der Waals surface area contributed by atoms with Gasteiger partial charge in [0.25, 0.3) is 0 Å². The highest BCUT2D eigenvalue weighted by Crippen LogP contribution is 2.28. The Labute approximate surface area is 114 Å². The Balaban J connectivity index is 2.44. The van der Waals surface area contributed by atoms with Crippen LogP contribution in [0.15, 0.2) is 29.2 Å². The van der Waals surface area contributed by atoms with Crippen LogP contribution in [-0.4, -0.2) is 25.3 Å². The lowest BCUT2D eigenvalue weighted by Gasteiger charge is -2.34. The molecule has 1 aromatic rings. The Hall–Kier alpha value is -1.38. The second-order valence-corrected chi connectivity index (χ2v) is 6.64. The Morgan fingerprint density at radius 3 is 2.79 bits per heavy atom. The van der Waals surface area contributed by atoms with Crippen LogP contribution in [0.25, 0.3) is 0 Å². The Bertz CT molecular complexity index is 590. The Kier molecular flexibility index (Phi) is 4.23. The topological polar surface area (TPSA) is 61.2 Å². The zero-order valence-electron chi connectivity index (χ0n) is 11.0. The highest BCUT2D eigenvalue weighted by atomic mass is 32.2. The van der Waals surface area contributed by atoms with Gasteiger partial charge in [0.1, 0.15) is 6.07 Å². The standard InChI is InChI=1S/C14H18N2O2S/c1-2-13-8-5-6-10-16(13)19(17,18)14-9-4-3-7-12(14)11-15/h3-4,7,9,13H,2,5-6,8,10H2,1H3. The van der Waals surface area contributed by atoms with E-state index < -0.39 is 10.0 Å². The van der Waals surface area contributed by atoms with Crippen LogP contribution in [0, 0.1) is 11.3 Å². The van der Waals surface area contributed by atoms with Gasteiger partial charge in [-0.05, 0) is 31.4 Å². The van der Waals surface area contributed by atoms with E-state index in [4.69, 9.17) is 5.26 Å². The summed E-state index contributed by atoms with van der Waals surface area (Å²) < 4.78 is 27.0. The average molecular weight is 278 g/mol. The van der Waals surface area contributed by atoms with Gasteiger partial charge in [-0.3, -0.25) is 0 Å². The van der Waals surface area contributed by atoms with Crippen molar-refractivity contribution in [1.29, 1.82) is 5.26 Å². The molecule has 1 aliphatic rings. The van der Waals surface area contributed by atoms with E-state index in [0.717, 1.165) is 25.7 Å². The number of hydrogen-bond acceptors (Lipinski definition) is 3. The molecular formula is C14H18N2O2S. The highest BCUT2D eigenvalue weighted by Gasteiger charge is 2.33. The minimum atomic E-state index is -3.56. The molecule has 0 aliphatic carbocycles. The molecule has 1 saturated heterocycles. The van der Waals surface area contributed by atoms with Crippen LogP contribution in [0.4, 0.5) is 0 Å². The first-order chi connectivity index (χ1) is 9.11. The lowest BCUT2D eigenvalue weighted by atomic mass is 10.0. The summed E-state index contributed by atoms with van der Waals surface area (Å²) in [5.41, 5.74) is 0.225. The number of nitrogens with zero attached hydrogens (tertiary/aromatic N) is 2. The second-order valence-electron chi connectivity index (χ2n) is 4.78. The van der Waals surface area contributed by atoms with Crippen molar-refractivity contribution in [2.24, 2.45) is 0 Å². The van der Waals surface area contributed by atoms with Gasteiger partial charge >= 0.3 is 0 Å². The van der Waals surface area contributed by atoms with Gasteiger partial charge in [-0.1, -0.05) is 25.5 Å². The Morgan fingerprint density at radius 2 is 2.11 bits per heavy atom. The van der Waals surface area contributed by atoms with Gasteiger partial charge in [0.15, 0.2) is 0 Å². The molecule has 1 unspecified atom stereocenters. The average Bonchev–Trinajstić information content (AvgIpc) is 2.47. The summed E-state index contributed by atoms with van der Waals surface area (Å²) in [4.78, 5) is 0.137. The molecule has 0 saturated carbocycles. The summed E-state index contributed by atoms with van der Waals surface area (Å²) >= 11 is 0. The third-order valence-electron chi connectivity index (χ3n) is 3.64. The van der Waals surface area contributed by atoms with E-state index in [-0.39, 0.29) is 16.5 Å². The molecule has 4 nitrogen and oxygen atoms in total. The monoisotopic (exact) mass is 278 g/mol. The van der Waals surface area contributed by atoms with Gasteiger partial charge in [-0.25, -0.2) is 8.42 Å². The number of rotatable bonds is 3. The van der Waals surface area contributed by atoms with Gasteiger partial charge in [0, 0.05) is 12.6 Å². The number of piperidine rings is 1. The summed E-state index contributed by atoms with van der Waals surface area (Å²) in [6.45, 7) is 2.56. The number of sulfonamides is 1. The van der Waals surface area contributed by atoms with Gasteiger partial charge < -0.3 is 0 Å². The van der Waals surface area contributed by atoms with Crippen LogP contribution in [0.1, 0.15) is 38.2 Å². The number of nitriles is 1. The quantitative estimate of drug-likeness (QED) is 0.853. The van der Waals surface area contributed by atoms with Crippen molar-refractivity contribution in [2.75, 3.05) is 6.54 Å². The summed E-state index contributed by atoms with van der Waals surface area (Å²) in [6.07, 6.45) is 3.69. The molecule has 102 valence electrons. The molecule has 0 bridgehead atoms. The molecule has 1 aliphatic heterocycles. The van der Waals surface area contributed by atoms with Crippen molar-refractivity contribution in [2.45, 2.75) is 43.5 Å². The third-order valence-corrected chi connectivity index (χ3v) is 5.65. The largest absolute Gasteiger partial charge is 0.244 e. The zero-order chi connectivity index (χ0) is 13.9. The van der Waals surface area contributed by atoms with Crippen molar-refractivity contribution in [3.8, 4) is 6.07 Å². The predicted molar refractivity (Wildman–Crippen MR) is 73.0 cm³/mol. The first-order valence-corrected chi connectivity index (χ1v) is 8.06. The lowest BCUT2D eigenvalue weighted by molar-refractivity contribution is 0.246. The molecule has 1 atom stereocenters. The smallest absolute Gasteiger partial charge is 0.207 e. The van der Waals surface area contributed by atoms with Crippen molar-refractivity contribution in [3.05, 3.63) is 29.8 Å². The number of benzene rings is 1. The summed E-state index contributed by atoms with van der Waals surface area (Å²) in [5, 5.41) is 9.07. The van der Waals surface area contributed by atoms with Crippen LogP contribution in [0.5, 0.6) is 0 Å². The first kappa shape index (κ1) is 14.0. The maximum absolute atomic E-state index is 12.7. The molecule has 2 rings (SSSR count). The van der Waals surface area contributed by atoms with E-state index >= 15 is 0 Å². The van der Waals surface area contributed by atoms with Gasteiger partial charge in [0.2, 0.25) is 10.0 Å². The molecule has 5 heteroatoms. The van der Waals surface area contributed by atoms with Crippen molar-refractivity contribution in [1.82, 2.24) is 4.31 Å². The predicted octanol–water partition coefficient (Wildman–Crippen LogP) is 2.51. The lowest BCUT2D eigenvalue weighted by Crippen LogP contribution is -2.43. The number of hydrogen-bond donors (Lipinski definition) is 0. The molecule has 0 N–H and O–H groups in total. The molecule has 0 radical (unpaired) electrons. The van der Waals surface area contributed by atoms with E-state index in [1.165, 1.54) is 6.07 Å². The van der Waals surface area contributed by atoms with Gasteiger partial charge in [-0.2, -0.15) is 9.57 Å². The third kappa shape index (κ3) is 2.65. The van der Waals surface area contributed by atoms with Crippen molar-refractivity contribution in [3.63, 3.8) is 0 Å². The molecule has 1 heterocycles.